The van der Waals surface area contributed by atoms with Gasteiger partial charge in [0.15, 0.2) is 16.6 Å². The Labute approximate surface area is 148 Å². The molecule has 1 N–H and O–H groups in total. The highest BCUT2D eigenvalue weighted by atomic mass is 32.2. The van der Waals surface area contributed by atoms with Crippen molar-refractivity contribution in [1.29, 1.82) is 0 Å². The molecular weight excluding hydrogens is 350 g/mol. The number of aromatic nitrogens is 2. The second-order valence-electron chi connectivity index (χ2n) is 4.65. The molecule has 0 fully saturated rings. The van der Waals surface area contributed by atoms with Gasteiger partial charge < -0.3 is 18.6 Å². The van der Waals surface area contributed by atoms with Gasteiger partial charge in [-0.15, -0.1) is 5.10 Å². The number of amides is 1. The standard InChI is InChI=1S/C15H17N3O6S/c1-8(19)25-7-12(20)16-15-18-17-14(24-15)9-5-10(21-2)13(23-4)11(6-9)22-3/h5-6H,7H2,1-4H3,(H,16,18,20). The molecule has 1 amide bonds. The zero-order valence-electron chi connectivity index (χ0n) is 14.1. The molecule has 0 radical (unpaired) electrons. The lowest BCUT2D eigenvalue weighted by Crippen LogP contribution is -2.15. The van der Waals surface area contributed by atoms with Gasteiger partial charge in [0.05, 0.1) is 27.1 Å². The van der Waals surface area contributed by atoms with Gasteiger partial charge in [0.2, 0.25) is 17.5 Å². The minimum Gasteiger partial charge on any atom is -0.493 e. The predicted octanol–water partition coefficient (Wildman–Crippen LogP) is 1.98. The number of nitrogens with one attached hydrogen (secondary N) is 1. The number of rotatable bonds is 7. The number of thioether (sulfide) groups is 1. The molecule has 10 heteroatoms. The lowest BCUT2D eigenvalue weighted by molar-refractivity contribution is -0.114. The van der Waals surface area contributed by atoms with Crippen molar-refractivity contribution in [2.75, 3.05) is 32.4 Å². The summed E-state index contributed by atoms with van der Waals surface area (Å²) in [6.07, 6.45) is 0. The number of hydrogen-bond donors (Lipinski definition) is 1. The fraction of sp³-hybridized carbons (Fsp3) is 0.333. The normalized spacial score (nSPS) is 10.2. The summed E-state index contributed by atoms with van der Waals surface area (Å²) in [5, 5.41) is 9.92. The van der Waals surface area contributed by atoms with Crippen LogP contribution in [-0.2, 0) is 9.59 Å². The van der Waals surface area contributed by atoms with Crippen LogP contribution in [0.1, 0.15) is 6.92 Å². The van der Waals surface area contributed by atoms with E-state index in [0.29, 0.717) is 22.8 Å². The molecule has 9 nitrogen and oxygen atoms in total. The minimum absolute atomic E-state index is 0.0305. The summed E-state index contributed by atoms with van der Waals surface area (Å²) < 4.78 is 21.2. The van der Waals surface area contributed by atoms with E-state index in [4.69, 9.17) is 18.6 Å². The number of carbonyl (C=O) groups is 2. The van der Waals surface area contributed by atoms with Crippen molar-refractivity contribution in [3.63, 3.8) is 0 Å². The summed E-state index contributed by atoms with van der Waals surface area (Å²) in [7, 11) is 4.49. The van der Waals surface area contributed by atoms with Gasteiger partial charge in [-0.25, -0.2) is 0 Å². The van der Waals surface area contributed by atoms with Crippen molar-refractivity contribution >= 4 is 28.8 Å². The zero-order chi connectivity index (χ0) is 18.4. The highest BCUT2D eigenvalue weighted by Crippen LogP contribution is 2.41. The van der Waals surface area contributed by atoms with E-state index in [1.165, 1.54) is 28.3 Å². The third-order valence-electron chi connectivity index (χ3n) is 2.99. The minimum atomic E-state index is -0.416. The third kappa shape index (κ3) is 4.63. The van der Waals surface area contributed by atoms with E-state index < -0.39 is 5.91 Å². The first-order chi connectivity index (χ1) is 12.0. The van der Waals surface area contributed by atoms with Crippen LogP contribution >= 0.6 is 11.8 Å². The van der Waals surface area contributed by atoms with Crippen LogP contribution in [0.5, 0.6) is 17.2 Å². The zero-order valence-corrected chi connectivity index (χ0v) is 14.9. The van der Waals surface area contributed by atoms with E-state index >= 15 is 0 Å². The highest BCUT2D eigenvalue weighted by molar-refractivity contribution is 8.14. The van der Waals surface area contributed by atoms with E-state index in [1.54, 1.807) is 12.1 Å². The first-order valence-electron chi connectivity index (χ1n) is 7.05. The van der Waals surface area contributed by atoms with Crippen molar-refractivity contribution in [3.8, 4) is 28.7 Å². The van der Waals surface area contributed by atoms with Gasteiger partial charge in [-0.1, -0.05) is 16.9 Å². The van der Waals surface area contributed by atoms with Crippen LogP contribution in [0.2, 0.25) is 0 Å². The quantitative estimate of drug-likeness (QED) is 0.784. The molecule has 0 saturated heterocycles. The monoisotopic (exact) mass is 367 g/mol. The maximum atomic E-state index is 11.7. The lowest BCUT2D eigenvalue weighted by atomic mass is 10.2. The maximum Gasteiger partial charge on any atom is 0.322 e. The molecule has 2 aromatic rings. The summed E-state index contributed by atoms with van der Waals surface area (Å²) in [5.41, 5.74) is 0.528. The van der Waals surface area contributed by atoms with E-state index in [1.807, 2.05) is 0 Å². The topological polar surface area (TPSA) is 113 Å². The summed E-state index contributed by atoms with van der Waals surface area (Å²) in [5.74, 6) is 1.01. The Morgan fingerprint density at radius 1 is 1.12 bits per heavy atom. The first kappa shape index (κ1) is 18.6. The lowest BCUT2D eigenvalue weighted by Gasteiger charge is -2.12. The fourth-order valence-electron chi connectivity index (χ4n) is 1.92. The molecule has 0 aliphatic heterocycles. The van der Waals surface area contributed by atoms with Crippen LogP contribution in [0.25, 0.3) is 11.5 Å². The Morgan fingerprint density at radius 2 is 1.76 bits per heavy atom. The van der Waals surface area contributed by atoms with Crippen molar-refractivity contribution in [3.05, 3.63) is 12.1 Å². The number of benzene rings is 1. The van der Waals surface area contributed by atoms with E-state index in [-0.39, 0.29) is 22.8 Å². The van der Waals surface area contributed by atoms with Crippen LogP contribution in [0.4, 0.5) is 6.01 Å². The molecule has 0 spiro atoms. The number of methoxy groups -OCH3 is 3. The van der Waals surface area contributed by atoms with E-state index in [9.17, 15) is 9.59 Å². The first-order valence-corrected chi connectivity index (χ1v) is 8.04. The molecule has 0 unspecified atom stereocenters. The van der Waals surface area contributed by atoms with Crippen molar-refractivity contribution < 1.29 is 28.2 Å². The largest absolute Gasteiger partial charge is 0.493 e. The summed E-state index contributed by atoms with van der Waals surface area (Å²) in [6.45, 7) is 1.38. The average molecular weight is 367 g/mol. The van der Waals surface area contributed by atoms with Crippen LogP contribution < -0.4 is 19.5 Å². The van der Waals surface area contributed by atoms with Gasteiger partial charge in [-0.05, 0) is 12.1 Å². The summed E-state index contributed by atoms with van der Waals surface area (Å²) in [6, 6.07) is 3.22. The van der Waals surface area contributed by atoms with Crippen molar-refractivity contribution in [1.82, 2.24) is 10.2 Å². The summed E-state index contributed by atoms with van der Waals surface area (Å²) >= 11 is 0.888. The summed E-state index contributed by atoms with van der Waals surface area (Å²) in [4.78, 5) is 22.5. The van der Waals surface area contributed by atoms with Crippen LogP contribution in [0, 0.1) is 0 Å². The third-order valence-corrected chi connectivity index (χ3v) is 3.80. The molecule has 0 aliphatic rings. The van der Waals surface area contributed by atoms with Gasteiger partial charge in [-0.2, -0.15) is 0 Å². The number of ether oxygens (including phenoxy) is 3. The van der Waals surface area contributed by atoms with E-state index in [0.717, 1.165) is 11.8 Å². The molecule has 0 aliphatic carbocycles. The van der Waals surface area contributed by atoms with Crippen LogP contribution in [0.15, 0.2) is 16.5 Å². The molecule has 134 valence electrons. The smallest absolute Gasteiger partial charge is 0.322 e. The second-order valence-corrected chi connectivity index (χ2v) is 5.81. The van der Waals surface area contributed by atoms with E-state index in [2.05, 4.69) is 15.5 Å². The molecule has 0 saturated carbocycles. The Kier molecular flexibility index (Phi) is 6.23. The number of nitrogens with zero attached hydrogens (tertiary/aromatic N) is 2. The molecule has 2 rings (SSSR count). The van der Waals surface area contributed by atoms with Gasteiger partial charge >= 0.3 is 6.01 Å². The molecule has 1 aromatic heterocycles. The predicted molar refractivity (Wildman–Crippen MR) is 91.2 cm³/mol. The molecule has 0 bridgehead atoms. The number of carbonyl (C=O) groups excluding carboxylic acids is 2. The number of hydrogen-bond acceptors (Lipinski definition) is 9. The van der Waals surface area contributed by atoms with Crippen LogP contribution in [0.3, 0.4) is 0 Å². The van der Waals surface area contributed by atoms with Gasteiger partial charge in [0.25, 0.3) is 0 Å². The SMILES string of the molecule is COc1cc(-c2nnc(NC(=O)CSC(C)=O)o2)cc(OC)c1OC. The highest BCUT2D eigenvalue weighted by Gasteiger charge is 2.18. The van der Waals surface area contributed by atoms with Crippen molar-refractivity contribution in [2.45, 2.75) is 6.92 Å². The molecular formula is C15H17N3O6S. The second kappa shape index (κ2) is 8.38. The Bertz CT molecular complexity index is 751. The fourth-order valence-corrected chi connectivity index (χ4v) is 2.32. The molecule has 25 heavy (non-hydrogen) atoms. The maximum absolute atomic E-state index is 11.7. The molecule has 0 atom stereocenters. The Morgan fingerprint density at radius 3 is 2.28 bits per heavy atom. The van der Waals surface area contributed by atoms with Gasteiger partial charge in [0.1, 0.15) is 0 Å². The van der Waals surface area contributed by atoms with Crippen molar-refractivity contribution in [2.24, 2.45) is 0 Å². The van der Waals surface area contributed by atoms with Crippen LogP contribution in [-0.4, -0.2) is 48.3 Å². The molecule has 1 aromatic carbocycles. The molecule has 1 heterocycles. The van der Waals surface area contributed by atoms with Gasteiger partial charge in [0, 0.05) is 12.5 Å². The Hall–Kier alpha value is -2.75. The average Bonchev–Trinajstić information content (AvgIpc) is 3.06. The Balaban J connectivity index is 2.21. The van der Waals surface area contributed by atoms with Gasteiger partial charge in [-0.3, -0.25) is 14.9 Å². The number of anilines is 1.